The molecule has 5 rings (SSSR count). The number of fused-ring (bicyclic) bond motifs is 1. The minimum absolute atomic E-state index is 0.0555. The van der Waals surface area contributed by atoms with E-state index in [1.807, 2.05) is 29.3 Å². The Kier molecular flexibility index (Phi) is 6.05. The molecule has 2 amide bonds. The van der Waals surface area contributed by atoms with Crippen LogP contribution in [0.5, 0.6) is 0 Å². The van der Waals surface area contributed by atoms with E-state index in [1.165, 1.54) is 0 Å². The zero-order valence-electron chi connectivity index (χ0n) is 19.1. The van der Waals surface area contributed by atoms with Crippen LogP contribution in [0, 0.1) is 0 Å². The van der Waals surface area contributed by atoms with Gasteiger partial charge in [-0.05, 0) is 6.07 Å². The largest absolute Gasteiger partial charge is 0.378 e. The first-order valence-electron chi connectivity index (χ1n) is 11.3. The summed E-state index contributed by atoms with van der Waals surface area (Å²) in [4.78, 5) is 34.7. The molecular formula is C22H29N9O2. The van der Waals surface area contributed by atoms with Crippen molar-refractivity contribution in [1.29, 1.82) is 0 Å². The van der Waals surface area contributed by atoms with Crippen molar-refractivity contribution in [1.82, 2.24) is 39.8 Å². The molecule has 0 aliphatic carbocycles. The van der Waals surface area contributed by atoms with Gasteiger partial charge in [0, 0.05) is 64.3 Å². The van der Waals surface area contributed by atoms with E-state index in [1.54, 1.807) is 19.0 Å². The quantitative estimate of drug-likeness (QED) is 0.627. The molecule has 2 fully saturated rings. The average molecular weight is 452 g/mol. The van der Waals surface area contributed by atoms with Gasteiger partial charge in [-0.15, -0.1) is 0 Å². The summed E-state index contributed by atoms with van der Waals surface area (Å²) in [5.41, 5.74) is 1.88. The number of anilines is 1. The highest BCUT2D eigenvalue weighted by molar-refractivity contribution is 5.92. The number of hydrogen-bond donors (Lipinski definition) is 1. The zero-order valence-corrected chi connectivity index (χ0v) is 19.1. The van der Waals surface area contributed by atoms with Gasteiger partial charge in [-0.1, -0.05) is 12.1 Å². The maximum Gasteiger partial charge on any atom is 0.319 e. The molecule has 11 heteroatoms. The van der Waals surface area contributed by atoms with Crippen LogP contribution in [-0.4, -0.2) is 112 Å². The highest BCUT2D eigenvalue weighted by Gasteiger charge is 2.24. The minimum Gasteiger partial charge on any atom is -0.378 e. The molecule has 4 heterocycles. The second-order valence-corrected chi connectivity index (χ2v) is 8.55. The molecule has 33 heavy (non-hydrogen) atoms. The third-order valence-corrected chi connectivity index (χ3v) is 6.08. The van der Waals surface area contributed by atoms with Crippen molar-refractivity contribution in [2.75, 3.05) is 71.5 Å². The lowest BCUT2D eigenvalue weighted by molar-refractivity contribution is 0.118. The number of urea groups is 1. The molecule has 2 saturated heterocycles. The Balaban J connectivity index is 1.42. The van der Waals surface area contributed by atoms with Gasteiger partial charge in [-0.25, -0.2) is 9.78 Å². The molecule has 0 bridgehead atoms. The predicted molar refractivity (Wildman–Crippen MR) is 124 cm³/mol. The van der Waals surface area contributed by atoms with Crippen molar-refractivity contribution in [2.45, 2.75) is 6.54 Å². The number of H-pyrrole nitrogens is 1. The van der Waals surface area contributed by atoms with Gasteiger partial charge in [-0.2, -0.15) is 15.1 Å². The third kappa shape index (κ3) is 4.60. The molecule has 174 valence electrons. The van der Waals surface area contributed by atoms with Gasteiger partial charge in [-0.3, -0.25) is 10.00 Å². The number of amides is 2. The smallest absolute Gasteiger partial charge is 0.319 e. The van der Waals surface area contributed by atoms with Crippen molar-refractivity contribution < 1.29 is 9.53 Å². The second kappa shape index (κ2) is 9.28. The molecule has 0 saturated carbocycles. The number of rotatable bonds is 4. The van der Waals surface area contributed by atoms with Gasteiger partial charge in [0.1, 0.15) is 5.82 Å². The SMILES string of the molecule is CN(C)C(=O)N1CCN(Cc2nc(-c3cccc4[nH]ncc34)nc(N3CCOCC3)n2)CC1. The van der Waals surface area contributed by atoms with Crippen LogP contribution in [0.15, 0.2) is 24.4 Å². The predicted octanol–water partition coefficient (Wildman–Crippen LogP) is 1.05. The highest BCUT2D eigenvalue weighted by atomic mass is 16.5. The topological polar surface area (TPSA) is 107 Å². The van der Waals surface area contributed by atoms with Crippen molar-refractivity contribution in [3.8, 4) is 11.4 Å². The molecular weight excluding hydrogens is 422 g/mol. The number of hydrogen-bond acceptors (Lipinski definition) is 8. The van der Waals surface area contributed by atoms with Gasteiger partial charge >= 0.3 is 6.03 Å². The first kappa shape index (κ1) is 21.5. The van der Waals surface area contributed by atoms with Crippen LogP contribution in [0.25, 0.3) is 22.3 Å². The summed E-state index contributed by atoms with van der Waals surface area (Å²) in [7, 11) is 3.57. The fraction of sp³-hybridized carbons (Fsp3) is 0.500. The van der Waals surface area contributed by atoms with Crippen LogP contribution in [-0.2, 0) is 11.3 Å². The van der Waals surface area contributed by atoms with Crippen LogP contribution in [0.3, 0.4) is 0 Å². The Morgan fingerprint density at radius 2 is 1.85 bits per heavy atom. The zero-order chi connectivity index (χ0) is 22.8. The van der Waals surface area contributed by atoms with E-state index in [9.17, 15) is 4.79 Å². The van der Waals surface area contributed by atoms with Crippen molar-refractivity contribution >= 4 is 22.9 Å². The summed E-state index contributed by atoms with van der Waals surface area (Å²) >= 11 is 0. The monoisotopic (exact) mass is 451 g/mol. The molecule has 2 aliphatic rings. The van der Waals surface area contributed by atoms with E-state index in [0.29, 0.717) is 44.6 Å². The minimum atomic E-state index is 0.0555. The molecule has 11 nitrogen and oxygen atoms in total. The number of carbonyl (C=O) groups excluding carboxylic acids is 1. The van der Waals surface area contributed by atoms with Crippen LogP contribution >= 0.6 is 0 Å². The van der Waals surface area contributed by atoms with E-state index < -0.39 is 0 Å². The van der Waals surface area contributed by atoms with Crippen molar-refractivity contribution in [3.05, 3.63) is 30.2 Å². The van der Waals surface area contributed by atoms with E-state index in [4.69, 9.17) is 19.7 Å². The lowest BCUT2D eigenvalue weighted by Crippen LogP contribution is -2.51. The molecule has 0 unspecified atom stereocenters. The number of aromatic amines is 1. The van der Waals surface area contributed by atoms with E-state index in [-0.39, 0.29) is 6.03 Å². The summed E-state index contributed by atoms with van der Waals surface area (Å²) in [6, 6.07) is 6.05. The Hall–Kier alpha value is -3.31. The summed E-state index contributed by atoms with van der Waals surface area (Å²) in [6.45, 7) is 6.40. The Morgan fingerprint density at radius 1 is 1.06 bits per heavy atom. The first-order valence-corrected chi connectivity index (χ1v) is 11.3. The number of nitrogens with one attached hydrogen (secondary N) is 1. The van der Waals surface area contributed by atoms with Crippen molar-refractivity contribution in [2.24, 2.45) is 0 Å². The van der Waals surface area contributed by atoms with Gasteiger partial charge in [0.05, 0.1) is 31.5 Å². The first-order chi connectivity index (χ1) is 16.1. The number of benzene rings is 1. The maximum absolute atomic E-state index is 12.2. The number of ether oxygens (including phenoxy) is 1. The Morgan fingerprint density at radius 3 is 2.61 bits per heavy atom. The fourth-order valence-corrected chi connectivity index (χ4v) is 4.25. The molecule has 3 aromatic rings. The van der Waals surface area contributed by atoms with Crippen LogP contribution in [0.2, 0.25) is 0 Å². The maximum atomic E-state index is 12.2. The second-order valence-electron chi connectivity index (χ2n) is 8.55. The molecule has 1 N–H and O–H groups in total. The lowest BCUT2D eigenvalue weighted by Gasteiger charge is -2.35. The summed E-state index contributed by atoms with van der Waals surface area (Å²) in [5.74, 6) is 2.06. The number of aromatic nitrogens is 5. The van der Waals surface area contributed by atoms with Crippen LogP contribution < -0.4 is 4.90 Å². The van der Waals surface area contributed by atoms with Crippen molar-refractivity contribution in [3.63, 3.8) is 0 Å². The Labute approximate surface area is 192 Å². The normalized spacial score (nSPS) is 17.5. The molecule has 0 spiro atoms. The summed E-state index contributed by atoms with van der Waals surface area (Å²) < 4.78 is 5.51. The standard InChI is InChI=1S/C22H29N9O2/c1-28(2)22(32)31-8-6-29(7-9-31)15-19-24-20(16-4-3-5-18-17(16)14-23-27-18)26-21(25-19)30-10-12-33-13-11-30/h3-5,14H,6-13,15H2,1-2H3,(H,23,27). The van der Waals surface area contributed by atoms with Gasteiger partial charge < -0.3 is 19.4 Å². The van der Waals surface area contributed by atoms with E-state index >= 15 is 0 Å². The number of piperazine rings is 1. The highest BCUT2D eigenvalue weighted by Crippen LogP contribution is 2.26. The van der Waals surface area contributed by atoms with Crippen LogP contribution in [0.1, 0.15) is 5.82 Å². The number of morpholine rings is 1. The van der Waals surface area contributed by atoms with Crippen LogP contribution in [0.4, 0.5) is 10.7 Å². The molecule has 1 aromatic carbocycles. The fourth-order valence-electron chi connectivity index (χ4n) is 4.25. The Bertz CT molecular complexity index is 1120. The average Bonchev–Trinajstić information content (AvgIpc) is 3.33. The van der Waals surface area contributed by atoms with E-state index in [0.717, 1.165) is 48.5 Å². The molecule has 2 aliphatic heterocycles. The van der Waals surface area contributed by atoms with Gasteiger partial charge in [0.2, 0.25) is 5.95 Å². The molecule has 0 atom stereocenters. The van der Waals surface area contributed by atoms with Gasteiger partial charge in [0.15, 0.2) is 5.82 Å². The summed E-state index contributed by atoms with van der Waals surface area (Å²) in [5, 5.41) is 8.18. The summed E-state index contributed by atoms with van der Waals surface area (Å²) in [6.07, 6.45) is 1.81. The van der Waals surface area contributed by atoms with E-state index in [2.05, 4.69) is 20.0 Å². The lowest BCUT2D eigenvalue weighted by atomic mass is 10.1. The van der Waals surface area contributed by atoms with Gasteiger partial charge in [0.25, 0.3) is 0 Å². The third-order valence-electron chi connectivity index (χ3n) is 6.08. The number of carbonyl (C=O) groups is 1. The molecule has 0 radical (unpaired) electrons. The molecule has 2 aromatic heterocycles. The number of nitrogens with zero attached hydrogens (tertiary/aromatic N) is 8.